The van der Waals surface area contributed by atoms with Crippen molar-refractivity contribution in [3.05, 3.63) is 11.6 Å². The summed E-state index contributed by atoms with van der Waals surface area (Å²) in [7, 11) is 0. The number of rotatable bonds is 5. The van der Waals surface area contributed by atoms with Gasteiger partial charge >= 0.3 is 0 Å². The van der Waals surface area contributed by atoms with Crippen molar-refractivity contribution < 1.29 is 10.0 Å². The van der Waals surface area contributed by atoms with Crippen molar-refractivity contribution in [2.24, 2.45) is 56.9 Å². The highest BCUT2D eigenvalue weighted by Crippen LogP contribution is 2.68. The topological polar surface area (TPSA) is 49.7 Å². The molecule has 1 N–H and O–H groups in total. The number of Topliss-reactive ketones (excluding diaryl/α,β-unsaturated/α-hetero) is 1. The molecule has 0 aliphatic heterocycles. The van der Waals surface area contributed by atoms with Crippen LogP contribution in [0.5, 0.6) is 0 Å². The third-order valence-corrected chi connectivity index (χ3v) is 10.8. The van der Waals surface area contributed by atoms with Crippen LogP contribution >= 0.6 is 0 Å². The van der Waals surface area contributed by atoms with Gasteiger partial charge in [0.05, 0.1) is 5.41 Å². The molecule has 180 valence electrons. The maximum atomic E-state index is 13.0. The highest BCUT2D eigenvalue weighted by molar-refractivity contribution is 6.43. The van der Waals surface area contributed by atoms with E-state index in [4.69, 9.17) is 0 Å². The van der Waals surface area contributed by atoms with Gasteiger partial charge in [-0.05, 0) is 92.3 Å². The number of fused-ring (bicyclic) bond motifs is 5. The van der Waals surface area contributed by atoms with Crippen LogP contribution in [0.4, 0.5) is 0 Å². The molecule has 0 amide bonds. The molecule has 0 bridgehead atoms. The number of oxime groups is 1. The lowest BCUT2D eigenvalue weighted by Gasteiger charge is -2.60. The molecule has 0 saturated heterocycles. The van der Waals surface area contributed by atoms with E-state index in [-0.39, 0.29) is 11.2 Å². The Hall–Kier alpha value is -1.12. The minimum Gasteiger partial charge on any atom is -0.411 e. The van der Waals surface area contributed by atoms with E-state index in [9.17, 15) is 10.0 Å². The molecule has 32 heavy (non-hydrogen) atoms. The van der Waals surface area contributed by atoms with Crippen molar-refractivity contribution in [3.8, 4) is 0 Å². The van der Waals surface area contributed by atoms with Crippen molar-refractivity contribution in [2.45, 2.75) is 106 Å². The molecule has 0 radical (unpaired) electrons. The summed E-state index contributed by atoms with van der Waals surface area (Å²) < 4.78 is 0. The first-order chi connectivity index (χ1) is 15.0. The van der Waals surface area contributed by atoms with Gasteiger partial charge in [-0.1, -0.05) is 70.7 Å². The summed E-state index contributed by atoms with van der Waals surface area (Å²) in [6.07, 6.45) is 13.6. The van der Waals surface area contributed by atoms with Gasteiger partial charge in [0, 0.05) is 6.42 Å². The van der Waals surface area contributed by atoms with Crippen LogP contribution in [0.25, 0.3) is 0 Å². The molecule has 3 fully saturated rings. The van der Waals surface area contributed by atoms with E-state index < -0.39 is 5.41 Å². The molecule has 3 heteroatoms. The molecular weight excluding hydrogens is 394 g/mol. The van der Waals surface area contributed by atoms with Gasteiger partial charge in [0.15, 0.2) is 5.78 Å². The second-order valence-electron chi connectivity index (χ2n) is 13.4. The van der Waals surface area contributed by atoms with Gasteiger partial charge < -0.3 is 5.21 Å². The second kappa shape index (κ2) is 8.27. The molecule has 0 aromatic rings. The number of ketones is 1. The van der Waals surface area contributed by atoms with Crippen molar-refractivity contribution in [1.29, 1.82) is 0 Å². The van der Waals surface area contributed by atoms with E-state index in [1.54, 1.807) is 0 Å². The molecule has 4 rings (SSSR count). The Morgan fingerprint density at radius 2 is 1.78 bits per heavy atom. The minimum atomic E-state index is -0.552. The first-order valence-corrected chi connectivity index (χ1v) is 13.4. The summed E-state index contributed by atoms with van der Waals surface area (Å²) in [6, 6.07) is 0. The van der Waals surface area contributed by atoms with E-state index in [0.717, 1.165) is 30.1 Å². The predicted octanol–water partition coefficient (Wildman–Crippen LogP) is 7.67. The van der Waals surface area contributed by atoms with Gasteiger partial charge in [0.1, 0.15) is 5.71 Å². The van der Waals surface area contributed by atoms with Crippen LogP contribution in [-0.2, 0) is 4.79 Å². The first-order valence-electron chi connectivity index (χ1n) is 13.4. The summed E-state index contributed by atoms with van der Waals surface area (Å²) in [5.74, 6) is 4.61. The lowest BCUT2D eigenvalue weighted by molar-refractivity contribution is -0.122. The average molecular weight is 442 g/mol. The molecule has 0 spiro atoms. The molecule has 7 atom stereocenters. The maximum absolute atomic E-state index is 13.0. The van der Waals surface area contributed by atoms with E-state index in [1.165, 1.54) is 50.5 Å². The fourth-order valence-corrected chi connectivity index (χ4v) is 9.31. The fraction of sp³-hybridized carbons (Fsp3) is 0.862. The molecular formula is C29H47NO2. The third kappa shape index (κ3) is 3.52. The molecule has 0 aromatic heterocycles. The number of nitrogens with zero attached hydrogens (tertiary/aromatic N) is 1. The third-order valence-electron chi connectivity index (χ3n) is 10.8. The zero-order chi connectivity index (χ0) is 23.5. The lowest BCUT2D eigenvalue weighted by Crippen LogP contribution is -2.56. The van der Waals surface area contributed by atoms with Crippen LogP contribution in [0.3, 0.4) is 0 Å². The van der Waals surface area contributed by atoms with E-state index in [1.807, 2.05) is 13.8 Å². The Balaban J connectivity index is 1.59. The highest BCUT2D eigenvalue weighted by atomic mass is 16.4. The molecule has 4 aliphatic rings. The number of carbonyl (C=O) groups excluding carboxylic acids is 1. The van der Waals surface area contributed by atoms with Gasteiger partial charge in [-0.25, -0.2) is 0 Å². The van der Waals surface area contributed by atoms with Crippen LogP contribution in [0.15, 0.2) is 16.8 Å². The first kappa shape index (κ1) is 24.0. The van der Waals surface area contributed by atoms with Crippen LogP contribution in [-0.4, -0.2) is 16.7 Å². The van der Waals surface area contributed by atoms with Gasteiger partial charge in [-0.3, -0.25) is 4.79 Å². The van der Waals surface area contributed by atoms with Crippen molar-refractivity contribution >= 4 is 11.5 Å². The predicted molar refractivity (Wildman–Crippen MR) is 132 cm³/mol. The Labute approximate surface area is 196 Å². The molecule has 3 saturated carbocycles. The molecule has 3 nitrogen and oxygen atoms in total. The Bertz CT molecular complexity index is 808. The SMILES string of the molecule is CC(C)CCC[C@@H](C)[C@H]1CC[C@H]2[C@@H]3CC=C4C(C)(C)C(=O)/C(=N/O)C[C@]4(C)[C@H]3CC[C@]12C. The molecule has 0 unspecified atom stereocenters. The lowest BCUT2D eigenvalue weighted by atomic mass is 9.44. The van der Waals surface area contributed by atoms with Gasteiger partial charge in [-0.15, -0.1) is 0 Å². The maximum Gasteiger partial charge on any atom is 0.190 e. The zero-order valence-electron chi connectivity index (χ0n) is 21.7. The van der Waals surface area contributed by atoms with E-state index in [2.05, 4.69) is 45.9 Å². The Kier molecular flexibility index (Phi) is 6.21. The summed E-state index contributed by atoms with van der Waals surface area (Å²) in [5, 5.41) is 13.1. The molecule has 0 aromatic carbocycles. The normalized spacial score (nSPS) is 42.9. The Morgan fingerprint density at radius 3 is 2.44 bits per heavy atom. The van der Waals surface area contributed by atoms with Crippen molar-refractivity contribution in [3.63, 3.8) is 0 Å². The van der Waals surface area contributed by atoms with Crippen LogP contribution in [0.1, 0.15) is 106 Å². The van der Waals surface area contributed by atoms with Gasteiger partial charge in [0.25, 0.3) is 0 Å². The van der Waals surface area contributed by atoms with Crippen LogP contribution in [0, 0.1) is 51.8 Å². The monoisotopic (exact) mass is 441 g/mol. The van der Waals surface area contributed by atoms with Crippen molar-refractivity contribution in [1.82, 2.24) is 0 Å². The van der Waals surface area contributed by atoms with Crippen molar-refractivity contribution in [2.75, 3.05) is 0 Å². The Morgan fingerprint density at radius 1 is 1.06 bits per heavy atom. The average Bonchev–Trinajstić information content (AvgIpc) is 3.08. The number of hydrogen-bond donors (Lipinski definition) is 1. The second-order valence-corrected chi connectivity index (χ2v) is 13.4. The highest BCUT2D eigenvalue weighted by Gasteiger charge is 2.62. The quantitative estimate of drug-likeness (QED) is 0.270. The van der Waals surface area contributed by atoms with Crippen LogP contribution < -0.4 is 0 Å². The smallest absolute Gasteiger partial charge is 0.190 e. The van der Waals surface area contributed by atoms with Gasteiger partial charge in [0.2, 0.25) is 0 Å². The summed E-state index contributed by atoms with van der Waals surface area (Å²) in [6.45, 7) is 16.3. The minimum absolute atomic E-state index is 0.0129. The number of allylic oxidation sites excluding steroid dienone is 2. The molecule has 0 heterocycles. The largest absolute Gasteiger partial charge is 0.411 e. The number of hydrogen-bond acceptors (Lipinski definition) is 3. The van der Waals surface area contributed by atoms with Crippen LogP contribution in [0.2, 0.25) is 0 Å². The fourth-order valence-electron chi connectivity index (χ4n) is 9.31. The number of carbonyl (C=O) groups is 1. The van der Waals surface area contributed by atoms with E-state index >= 15 is 0 Å². The molecule has 4 aliphatic carbocycles. The zero-order valence-corrected chi connectivity index (χ0v) is 21.7. The van der Waals surface area contributed by atoms with Gasteiger partial charge in [-0.2, -0.15) is 0 Å². The van der Waals surface area contributed by atoms with E-state index in [0.29, 0.717) is 29.4 Å². The summed E-state index contributed by atoms with van der Waals surface area (Å²) in [4.78, 5) is 13.0. The summed E-state index contributed by atoms with van der Waals surface area (Å²) in [5.41, 5.74) is 1.58. The standard InChI is InChI=1S/C29H47NO2/c1-18(2)9-8-10-19(3)21-12-13-22-20-11-14-25-27(4,5)26(31)24(30-32)17-29(25,7)23(20)15-16-28(21,22)6/h14,18-23,32H,8-13,15-17H2,1-7H3/b30-24+/t19-,20+,21-,22+,23+,28-,29-/m1/s1. The summed E-state index contributed by atoms with van der Waals surface area (Å²) >= 11 is 0.